The van der Waals surface area contributed by atoms with Crippen LogP contribution in [0, 0.1) is 41.9 Å². The molecule has 334 valence electrons. The lowest BCUT2D eigenvalue weighted by Gasteiger charge is -2.29. The van der Waals surface area contributed by atoms with Crippen molar-refractivity contribution >= 4 is 23.8 Å². The van der Waals surface area contributed by atoms with E-state index in [9.17, 15) is 19.2 Å². The number of H-pyrrole nitrogens is 2. The summed E-state index contributed by atoms with van der Waals surface area (Å²) in [4.78, 5) is 72.9. The summed E-state index contributed by atoms with van der Waals surface area (Å²) in [6.07, 6.45) is 10.4. The average Bonchev–Trinajstić information content (AvgIpc) is 4.13. The molecule has 0 radical (unpaired) electrons. The quantitative estimate of drug-likeness (QED) is 0.0643. The van der Waals surface area contributed by atoms with Gasteiger partial charge in [-0.2, -0.15) is 0 Å². The number of carbonyl (C=O) groups excluding carboxylic acids is 4. The fraction of sp³-hybridized carbons (Fsp3) is 0.400. The van der Waals surface area contributed by atoms with Crippen molar-refractivity contribution in [3.63, 3.8) is 0 Å². The zero-order valence-corrected chi connectivity index (χ0v) is 37.3. The standard InChI is InChI=1S/C50H58N8O6/c1-8-33(29-63-6)26-57(48(60)45(38-12-10-9-11-13-38)55-47(59)39-22-23-39)27-42-51-24-40(53-42)36-18-14-34(15-19-36)35-16-20-37(21-17-35)41-25-52-43(54-41)28-58(46-31(4)32(46)5)49(61)44(30(2)3)56-50(62)64-7/h1,9-21,24-25,30-33,39,44-46H,22-23,26-29H2,2-7H3,(H,51,53)(H,52,54)(H,55,59)(H,56,62)/t31-,32+,33-,44-,45+,46?/m0/s1. The molecule has 1 unspecified atom stereocenters. The first-order chi connectivity index (χ1) is 30.9. The summed E-state index contributed by atoms with van der Waals surface area (Å²) in [7, 11) is 2.86. The van der Waals surface area contributed by atoms with E-state index in [4.69, 9.17) is 15.9 Å². The van der Waals surface area contributed by atoms with Crippen molar-refractivity contribution in [3.05, 3.63) is 108 Å². The van der Waals surface area contributed by atoms with E-state index >= 15 is 0 Å². The molecule has 6 atom stereocenters. The molecule has 2 fully saturated rings. The molecule has 0 spiro atoms. The largest absolute Gasteiger partial charge is 0.453 e. The van der Waals surface area contributed by atoms with Crippen LogP contribution in [-0.4, -0.2) is 93.0 Å². The number of carbonyl (C=O) groups is 4. The second-order valence-corrected chi connectivity index (χ2v) is 17.3. The number of nitrogens with one attached hydrogen (secondary N) is 4. The Morgan fingerprint density at radius 1 is 0.781 bits per heavy atom. The van der Waals surface area contributed by atoms with Gasteiger partial charge >= 0.3 is 6.09 Å². The van der Waals surface area contributed by atoms with Crippen LogP contribution in [0.15, 0.2) is 91.3 Å². The van der Waals surface area contributed by atoms with E-state index in [1.807, 2.05) is 73.3 Å². The summed E-state index contributed by atoms with van der Waals surface area (Å²) >= 11 is 0. The van der Waals surface area contributed by atoms with Crippen molar-refractivity contribution in [2.75, 3.05) is 27.4 Å². The molecule has 0 saturated heterocycles. The molecule has 2 heterocycles. The van der Waals surface area contributed by atoms with E-state index in [2.05, 4.69) is 74.6 Å². The molecule has 5 aromatic rings. The monoisotopic (exact) mass is 866 g/mol. The lowest BCUT2D eigenvalue weighted by molar-refractivity contribution is -0.138. The zero-order valence-electron chi connectivity index (χ0n) is 37.3. The van der Waals surface area contributed by atoms with Crippen molar-refractivity contribution in [2.24, 2.45) is 29.6 Å². The highest BCUT2D eigenvalue weighted by molar-refractivity contribution is 5.90. The third kappa shape index (κ3) is 10.7. The van der Waals surface area contributed by atoms with Crippen LogP contribution in [0.1, 0.15) is 63.8 Å². The minimum Gasteiger partial charge on any atom is -0.453 e. The van der Waals surface area contributed by atoms with E-state index in [0.717, 1.165) is 46.5 Å². The molecule has 2 aliphatic carbocycles. The zero-order chi connectivity index (χ0) is 45.5. The van der Waals surface area contributed by atoms with Gasteiger partial charge in [0.05, 0.1) is 56.5 Å². The van der Waals surface area contributed by atoms with Crippen molar-refractivity contribution in [3.8, 4) is 46.0 Å². The number of benzene rings is 3. The molecule has 4 amide bonds. The fourth-order valence-electron chi connectivity index (χ4n) is 8.19. The van der Waals surface area contributed by atoms with Crippen LogP contribution in [0.25, 0.3) is 33.6 Å². The molecular formula is C50H58N8O6. The van der Waals surface area contributed by atoms with E-state index in [0.29, 0.717) is 29.0 Å². The average molecular weight is 867 g/mol. The van der Waals surface area contributed by atoms with E-state index in [-0.39, 0.29) is 67.8 Å². The molecule has 3 aromatic carbocycles. The van der Waals surface area contributed by atoms with Gasteiger partial charge in [0, 0.05) is 25.6 Å². The number of hydrogen-bond donors (Lipinski definition) is 4. The molecule has 4 N–H and O–H groups in total. The number of terminal acetylenes is 1. The normalized spacial score (nSPS) is 18.0. The number of aromatic nitrogens is 4. The highest BCUT2D eigenvalue weighted by Gasteiger charge is 2.50. The maximum atomic E-state index is 14.3. The molecule has 2 aromatic heterocycles. The van der Waals surface area contributed by atoms with Gasteiger partial charge in [-0.25, -0.2) is 14.8 Å². The van der Waals surface area contributed by atoms with Gasteiger partial charge < -0.3 is 39.9 Å². The molecule has 14 nitrogen and oxygen atoms in total. The number of amides is 4. The highest BCUT2D eigenvalue weighted by atomic mass is 16.5. The van der Waals surface area contributed by atoms with E-state index in [1.54, 1.807) is 24.4 Å². The van der Waals surface area contributed by atoms with Crippen molar-refractivity contribution in [1.29, 1.82) is 0 Å². The Bertz CT molecular complexity index is 2430. The second kappa shape index (κ2) is 20.2. The first-order valence-electron chi connectivity index (χ1n) is 21.9. The Morgan fingerprint density at radius 3 is 1.81 bits per heavy atom. The first kappa shape index (κ1) is 45.3. The lowest BCUT2D eigenvalue weighted by Crippen LogP contribution is -2.52. The smallest absolute Gasteiger partial charge is 0.407 e. The lowest BCUT2D eigenvalue weighted by atomic mass is 10.0. The van der Waals surface area contributed by atoms with Crippen molar-refractivity contribution in [1.82, 2.24) is 40.4 Å². The SMILES string of the molecule is C#C[C@H](COC)CN(Cc1ncc(-c2ccc(-c3ccc(-c4cnc(CN(C(=O)[C@@H](NC(=O)OC)C(C)C)C5[C@@H](C)[C@H]5C)[nH]4)cc3)cc2)[nH]1)C(=O)[C@H](NC(=O)C1CC1)c1ccccc1. The summed E-state index contributed by atoms with van der Waals surface area (Å²) in [5.41, 5.74) is 6.24. The van der Waals surface area contributed by atoms with Gasteiger partial charge in [-0.1, -0.05) is 112 Å². The number of imidazole rings is 2. The molecule has 14 heteroatoms. The maximum Gasteiger partial charge on any atom is 0.407 e. The van der Waals surface area contributed by atoms with Gasteiger partial charge in [-0.3, -0.25) is 14.4 Å². The van der Waals surface area contributed by atoms with Gasteiger partial charge in [0.25, 0.3) is 0 Å². The van der Waals surface area contributed by atoms with Gasteiger partial charge in [0.2, 0.25) is 17.7 Å². The predicted octanol–water partition coefficient (Wildman–Crippen LogP) is 6.99. The Morgan fingerprint density at radius 2 is 1.33 bits per heavy atom. The van der Waals surface area contributed by atoms with Crippen LogP contribution in [0.4, 0.5) is 4.79 Å². The third-order valence-electron chi connectivity index (χ3n) is 12.4. The summed E-state index contributed by atoms with van der Waals surface area (Å²) in [6.45, 7) is 8.99. The second-order valence-electron chi connectivity index (χ2n) is 17.3. The summed E-state index contributed by atoms with van der Waals surface area (Å²) < 4.78 is 10.2. The number of methoxy groups -OCH3 is 2. The number of rotatable bonds is 19. The topological polar surface area (TPSA) is 175 Å². The van der Waals surface area contributed by atoms with Crippen LogP contribution < -0.4 is 10.6 Å². The highest BCUT2D eigenvalue weighted by Crippen LogP contribution is 2.43. The fourth-order valence-corrected chi connectivity index (χ4v) is 8.19. The molecule has 64 heavy (non-hydrogen) atoms. The molecule has 2 saturated carbocycles. The minimum atomic E-state index is -0.877. The molecular weight excluding hydrogens is 809 g/mol. The number of ether oxygens (including phenoxy) is 2. The number of aromatic amines is 2. The predicted molar refractivity (Wildman–Crippen MR) is 244 cm³/mol. The van der Waals surface area contributed by atoms with Gasteiger partial charge in [0.15, 0.2) is 0 Å². The van der Waals surface area contributed by atoms with Crippen LogP contribution >= 0.6 is 0 Å². The maximum absolute atomic E-state index is 14.3. The number of hydrogen-bond acceptors (Lipinski definition) is 8. The van der Waals surface area contributed by atoms with Crippen LogP contribution in [0.2, 0.25) is 0 Å². The van der Waals surface area contributed by atoms with E-state index in [1.165, 1.54) is 7.11 Å². The minimum absolute atomic E-state index is 0.0495. The van der Waals surface area contributed by atoms with Crippen molar-refractivity contribution in [2.45, 2.75) is 71.8 Å². The number of alkyl carbamates (subject to hydrolysis) is 1. The summed E-state index contributed by atoms with van der Waals surface area (Å²) in [5, 5.41) is 5.73. The van der Waals surface area contributed by atoms with Gasteiger partial charge in [0.1, 0.15) is 23.7 Å². The van der Waals surface area contributed by atoms with Gasteiger partial charge in [-0.05, 0) is 58.4 Å². The molecule has 0 aliphatic heterocycles. The third-order valence-corrected chi connectivity index (χ3v) is 12.4. The Labute approximate surface area is 374 Å². The molecule has 2 aliphatic rings. The van der Waals surface area contributed by atoms with Crippen LogP contribution in [-0.2, 0) is 36.9 Å². The molecule has 0 bridgehead atoms. The Kier molecular flexibility index (Phi) is 14.3. The molecule has 7 rings (SSSR count). The van der Waals surface area contributed by atoms with Gasteiger partial charge in [-0.15, -0.1) is 6.42 Å². The van der Waals surface area contributed by atoms with Crippen molar-refractivity contribution < 1.29 is 28.7 Å². The summed E-state index contributed by atoms with van der Waals surface area (Å²) in [5.74, 6) is 3.52. The van der Waals surface area contributed by atoms with Crippen LogP contribution in [0.3, 0.4) is 0 Å². The Hall–Kier alpha value is -6.72. The van der Waals surface area contributed by atoms with Crippen LogP contribution in [0.5, 0.6) is 0 Å². The number of nitrogens with zero attached hydrogens (tertiary/aromatic N) is 4. The summed E-state index contributed by atoms with van der Waals surface area (Å²) in [6, 6.07) is 24.0. The first-order valence-corrected chi connectivity index (χ1v) is 21.9. The Balaban J connectivity index is 1.02. The van der Waals surface area contributed by atoms with E-state index < -0.39 is 18.2 Å².